The summed E-state index contributed by atoms with van der Waals surface area (Å²) in [5.41, 5.74) is -8.28. The number of allylic oxidation sites excluding steroid dienone is 2. The summed E-state index contributed by atoms with van der Waals surface area (Å²) in [6.07, 6.45) is -5.76. The Morgan fingerprint density at radius 1 is 0.966 bits per heavy atom. The first-order chi connectivity index (χ1) is 26.8. The standard InChI is InChI=1S/C42H61NO15/c1-21-15-13-11-12-14-16-25(43-37(51)58-38(5,6)7)31(48)36(50)55-26-19-42(52)35(56-29(47)17-21)33-40(10,27(46)18-28-41(33,20-53-28)57-24(4)45)34(49)32(54-23(3)44)30(22(26)2)39(42,8)9/h11-12,21,25-28,31-33,35,46,48,52H,13-20H2,1-10H3,(H,43,51)/b12-11+/t21-,25+,26+,27+,28-,31-,32-,33+,35+,40-,41+,42-/m1/s1. The van der Waals surface area contributed by atoms with Crippen molar-refractivity contribution in [2.75, 3.05) is 6.61 Å². The second-order valence-electron chi connectivity index (χ2n) is 18.5. The molecule has 58 heavy (non-hydrogen) atoms. The minimum atomic E-state index is -2.31. The van der Waals surface area contributed by atoms with Gasteiger partial charge in [-0.05, 0) is 77.4 Å². The maximum absolute atomic E-state index is 15.4. The van der Waals surface area contributed by atoms with Gasteiger partial charge in [0.2, 0.25) is 0 Å². The molecule has 3 fully saturated rings. The lowest BCUT2D eigenvalue weighted by Crippen LogP contribution is -2.82. The molecule has 16 heteroatoms. The normalized spacial score (nSPS) is 40.0. The van der Waals surface area contributed by atoms with Crippen molar-refractivity contribution in [2.45, 2.75) is 174 Å². The monoisotopic (exact) mass is 819 g/mol. The number of hydrogen-bond donors (Lipinski definition) is 4. The van der Waals surface area contributed by atoms with Gasteiger partial charge in [0.15, 0.2) is 23.6 Å². The van der Waals surface area contributed by atoms with Crippen LogP contribution >= 0.6 is 0 Å². The number of ether oxygens (including phenoxy) is 6. The molecule has 2 saturated carbocycles. The van der Waals surface area contributed by atoms with Crippen molar-refractivity contribution in [3.63, 3.8) is 0 Å². The van der Waals surface area contributed by atoms with Crippen LogP contribution in [0.5, 0.6) is 0 Å². The summed E-state index contributed by atoms with van der Waals surface area (Å²) in [5.74, 6) is -6.09. The van der Waals surface area contributed by atoms with Gasteiger partial charge in [0.1, 0.15) is 29.5 Å². The number of aliphatic hydroxyl groups excluding tert-OH is 2. The number of ketones is 1. The second kappa shape index (κ2) is 16.3. The Balaban J connectivity index is 1.75. The van der Waals surface area contributed by atoms with E-state index in [1.807, 2.05) is 19.1 Å². The van der Waals surface area contributed by atoms with Gasteiger partial charge in [0.25, 0.3) is 0 Å². The molecule has 5 rings (SSSR count). The van der Waals surface area contributed by atoms with Crippen LogP contribution < -0.4 is 5.32 Å². The van der Waals surface area contributed by atoms with Crippen LogP contribution in [0.1, 0.15) is 114 Å². The zero-order valence-electron chi connectivity index (χ0n) is 35.2. The van der Waals surface area contributed by atoms with Crippen molar-refractivity contribution in [1.29, 1.82) is 0 Å². The van der Waals surface area contributed by atoms with Crippen LogP contribution in [0, 0.1) is 22.7 Å². The fourth-order valence-corrected chi connectivity index (χ4v) is 9.87. The van der Waals surface area contributed by atoms with E-state index in [4.69, 9.17) is 28.4 Å². The maximum atomic E-state index is 15.4. The van der Waals surface area contributed by atoms with Gasteiger partial charge < -0.3 is 49.1 Å². The van der Waals surface area contributed by atoms with Gasteiger partial charge in [0.05, 0.1) is 30.1 Å². The van der Waals surface area contributed by atoms with Crippen LogP contribution in [0.4, 0.5) is 4.79 Å². The van der Waals surface area contributed by atoms with Crippen molar-refractivity contribution >= 4 is 35.8 Å². The predicted molar refractivity (Wildman–Crippen MR) is 203 cm³/mol. The third kappa shape index (κ3) is 8.18. The van der Waals surface area contributed by atoms with Crippen LogP contribution in [0.3, 0.4) is 0 Å². The quantitative estimate of drug-likeness (QED) is 0.182. The van der Waals surface area contributed by atoms with Gasteiger partial charge in [-0.25, -0.2) is 9.59 Å². The molecule has 0 aromatic heterocycles. The zero-order chi connectivity index (χ0) is 43.3. The number of Topliss-reactive ketones (excluding diaryl/α,β-unsaturated/α-hetero) is 1. The van der Waals surface area contributed by atoms with Gasteiger partial charge >= 0.3 is 30.0 Å². The minimum absolute atomic E-state index is 0.0338. The van der Waals surface area contributed by atoms with Crippen molar-refractivity contribution in [3.8, 4) is 0 Å². The molecule has 5 aliphatic rings. The fourth-order valence-electron chi connectivity index (χ4n) is 9.87. The maximum Gasteiger partial charge on any atom is 0.407 e. The number of alkyl carbamates (subject to hydrolysis) is 1. The highest BCUT2D eigenvalue weighted by Crippen LogP contribution is 2.64. The van der Waals surface area contributed by atoms with E-state index in [2.05, 4.69) is 5.32 Å². The molecule has 16 nitrogen and oxygen atoms in total. The number of nitrogens with one attached hydrogen (secondary N) is 1. The lowest BCUT2D eigenvalue weighted by atomic mass is 9.44. The van der Waals surface area contributed by atoms with Gasteiger partial charge in [-0.3, -0.25) is 19.2 Å². The summed E-state index contributed by atoms with van der Waals surface area (Å²) < 4.78 is 35.5. The van der Waals surface area contributed by atoms with E-state index in [0.29, 0.717) is 19.3 Å². The zero-order valence-corrected chi connectivity index (χ0v) is 35.2. The Bertz CT molecular complexity index is 1730. The molecule has 12 atom stereocenters. The van der Waals surface area contributed by atoms with Crippen LogP contribution in [-0.4, -0.2) is 117 Å². The van der Waals surface area contributed by atoms with E-state index >= 15 is 4.79 Å². The van der Waals surface area contributed by atoms with Crippen molar-refractivity contribution in [1.82, 2.24) is 5.32 Å². The SMILES string of the molecule is CC(=O)O[C@H]1C(=O)[C@@]2(C)[C@H]([C@@H]3OC(=O)C[C@H](C)CC/C=C/CC[C@H](NC(=O)OC(C)(C)C)[C@@H](O)C(=O)O[C@H]4C[C@]3(O)C(C)(C)C1=C4C)[C@]1(OC(C)=O)CO[C@@H]1C[C@@H]2O. The Labute approximate surface area is 339 Å². The Kier molecular flexibility index (Phi) is 12.7. The van der Waals surface area contributed by atoms with Crippen LogP contribution in [0.25, 0.3) is 0 Å². The average Bonchev–Trinajstić information content (AvgIpc) is 3.08. The van der Waals surface area contributed by atoms with Crippen LogP contribution in [0.15, 0.2) is 23.3 Å². The molecule has 0 aromatic rings. The van der Waals surface area contributed by atoms with Crippen LogP contribution in [0.2, 0.25) is 0 Å². The molecule has 4 N–H and O–H groups in total. The predicted octanol–water partition coefficient (Wildman–Crippen LogP) is 3.30. The molecule has 0 radical (unpaired) electrons. The fraction of sp³-hybridized carbons (Fsp3) is 0.762. The Hall–Kier alpha value is -3.86. The van der Waals surface area contributed by atoms with E-state index in [1.165, 1.54) is 20.8 Å². The summed E-state index contributed by atoms with van der Waals surface area (Å²) in [5, 5.41) is 39.6. The van der Waals surface area contributed by atoms with E-state index in [1.54, 1.807) is 34.6 Å². The van der Waals surface area contributed by atoms with E-state index in [-0.39, 0.29) is 42.9 Å². The average molecular weight is 820 g/mol. The molecule has 324 valence electrons. The van der Waals surface area contributed by atoms with Gasteiger partial charge in [0, 0.05) is 38.5 Å². The number of carbonyl (C=O) groups is 6. The molecule has 0 spiro atoms. The third-order valence-electron chi connectivity index (χ3n) is 12.9. The third-order valence-corrected chi connectivity index (χ3v) is 12.9. The number of hydrogen-bond acceptors (Lipinski definition) is 15. The molecule has 2 heterocycles. The highest BCUT2D eigenvalue weighted by atomic mass is 16.6. The van der Waals surface area contributed by atoms with E-state index in [9.17, 15) is 39.3 Å². The number of aliphatic hydroxyl groups is 3. The van der Waals surface area contributed by atoms with E-state index < -0.39 is 118 Å². The Morgan fingerprint density at radius 2 is 1.60 bits per heavy atom. The van der Waals surface area contributed by atoms with Gasteiger partial charge in [-0.1, -0.05) is 32.9 Å². The lowest BCUT2D eigenvalue weighted by Gasteiger charge is -2.67. The topological polar surface area (TPSA) is 231 Å². The number of esters is 4. The molecule has 0 aromatic carbocycles. The van der Waals surface area contributed by atoms with E-state index in [0.717, 1.165) is 6.92 Å². The molecule has 1 saturated heterocycles. The Morgan fingerprint density at radius 3 is 2.17 bits per heavy atom. The summed E-state index contributed by atoms with van der Waals surface area (Å²) in [4.78, 5) is 82.2. The smallest absolute Gasteiger partial charge is 0.407 e. The first-order valence-corrected chi connectivity index (χ1v) is 20.2. The first kappa shape index (κ1) is 45.2. The van der Waals surface area contributed by atoms with Gasteiger partial charge in [-0.15, -0.1) is 0 Å². The van der Waals surface area contributed by atoms with Gasteiger partial charge in [-0.2, -0.15) is 0 Å². The van der Waals surface area contributed by atoms with Crippen LogP contribution in [-0.2, 0) is 52.4 Å². The highest BCUT2D eigenvalue weighted by molar-refractivity contribution is 5.95. The second-order valence-corrected chi connectivity index (χ2v) is 18.5. The first-order valence-electron chi connectivity index (χ1n) is 20.2. The molecule has 1 amide bonds. The summed E-state index contributed by atoms with van der Waals surface area (Å²) in [6, 6.07) is -1.18. The van der Waals surface area contributed by atoms with Crippen molar-refractivity contribution in [3.05, 3.63) is 23.3 Å². The highest BCUT2D eigenvalue weighted by Gasteiger charge is 2.78. The lowest BCUT2D eigenvalue weighted by molar-refractivity contribution is -0.347. The largest absolute Gasteiger partial charge is 0.459 e. The van der Waals surface area contributed by atoms with Crippen molar-refractivity contribution in [2.24, 2.45) is 22.7 Å². The summed E-state index contributed by atoms with van der Waals surface area (Å²) in [6.45, 7) is 15.0. The number of fused-ring (bicyclic) bond motifs is 6. The molecule has 3 aliphatic carbocycles. The number of carbonyl (C=O) groups excluding carboxylic acids is 6. The number of rotatable bonds is 3. The molecular weight excluding hydrogens is 758 g/mol. The van der Waals surface area contributed by atoms with Crippen molar-refractivity contribution < 1.29 is 72.5 Å². The molecule has 2 aliphatic heterocycles. The molecular formula is C42H61NO15. The minimum Gasteiger partial charge on any atom is -0.459 e. The summed E-state index contributed by atoms with van der Waals surface area (Å²) >= 11 is 0. The number of amides is 1. The summed E-state index contributed by atoms with van der Waals surface area (Å²) in [7, 11) is 0. The molecule has 0 unspecified atom stereocenters. The molecule has 3 bridgehead atoms.